The largest absolute Gasteiger partial charge is 0.478 e. The summed E-state index contributed by atoms with van der Waals surface area (Å²) in [5.41, 5.74) is 1.90. The molecule has 0 saturated carbocycles. The Kier molecular flexibility index (Phi) is 4.46. The lowest BCUT2D eigenvalue weighted by Crippen LogP contribution is -2.22. The van der Waals surface area contributed by atoms with E-state index < -0.39 is 5.97 Å². The first kappa shape index (κ1) is 16.0. The van der Waals surface area contributed by atoms with Crippen LogP contribution in [0.1, 0.15) is 39.1 Å². The molecule has 2 aromatic rings. The third kappa shape index (κ3) is 3.22. The van der Waals surface area contributed by atoms with Crippen LogP contribution >= 0.6 is 0 Å². The smallest absolute Gasteiger partial charge is 0.339 e. The van der Waals surface area contributed by atoms with Crippen LogP contribution in [0.2, 0.25) is 0 Å². The molecular weight excluding hydrogens is 306 g/mol. The number of rotatable bonds is 4. The fourth-order valence-corrected chi connectivity index (χ4v) is 2.89. The van der Waals surface area contributed by atoms with E-state index in [4.69, 9.17) is 0 Å². The monoisotopic (exact) mass is 325 g/mol. The minimum Gasteiger partial charge on any atom is -0.478 e. The van der Waals surface area contributed by atoms with Crippen molar-refractivity contribution in [3.8, 4) is 0 Å². The molecule has 0 atom stereocenters. The Morgan fingerprint density at radius 2 is 1.88 bits per heavy atom. The number of aromatic nitrogens is 1. The molecule has 1 fully saturated rings. The number of nitrogens with one attached hydrogen (secondary N) is 1. The number of carbonyl (C=O) groups is 2. The number of pyridine rings is 1. The fourth-order valence-electron chi connectivity index (χ4n) is 2.89. The standard InChI is InChI=1S/C18H19N3O3/c1-12-6-2-3-7-14(12)17(22)20-13-10-15(18(23)24)16(19-11-13)21-8-4-5-9-21/h2-3,6-7,10-11H,4-5,8-9H2,1H3,(H,20,22)(H,23,24). The van der Waals surface area contributed by atoms with Crippen LogP contribution in [-0.4, -0.2) is 35.1 Å². The van der Waals surface area contributed by atoms with Gasteiger partial charge >= 0.3 is 5.97 Å². The second-order valence-corrected chi connectivity index (χ2v) is 5.86. The molecule has 1 saturated heterocycles. The van der Waals surface area contributed by atoms with Crippen LogP contribution < -0.4 is 10.2 Å². The number of amides is 1. The molecule has 0 spiro atoms. The van der Waals surface area contributed by atoms with Gasteiger partial charge in [0.05, 0.1) is 11.9 Å². The summed E-state index contributed by atoms with van der Waals surface area (Å²) in [5.74, 6) is -0.856. The zero-order valence-electron chi connectivity index (χ0n) is 13.5. The molecule has 24 heavy (non-hydrogen) atoms. The normalized spacial score (nSPS) is 13.8. The van der Waals surface area contributed by atoms with E-state index in [1.165, 1.54) is 12.3 Å². The van der Waals surface area contributed by atoms with Crippen molar-refractivity contribution < 1.29 is 14.7 Å². The SMILES string of the molecule is Cc1ccccc1C(=O)Nc1cnc(N2CCCC2)c(C(=O)O)c1. The summed E-state index contributed by atoms with van der Waals surface area (Å²) in [6, 6.07) is 8.71. The highest BCUT2D eigenvalue weighted by molar-refractivity contribution is 6.06. The Balaban J connectivity index is 1.86. The van der Waals surface area contributed by atoms with Gasteiger partial charge in [0.25, 0.3) is 5.91 Å². The number of anilines is 2. The molecule has 2 heterocycles. The highest BCUT2D eigenvalue weighted by Gasteiger charge is 2.21. The first-order valence-electron chi connectivity index (χ1n) is 7.91. The van der Waals surface area contributed by atoms with Gasteiger partial charge in [0.15, 0.2) is 0 Å². The quantitative estimate of drug-likeness (QED) is 0.903. The highest BCUT2D eigenvalue weighted by atomic mass is 16.4. The van der Waals surface area contributed by atoms with Crippen molar-refractivity contribution in [3.05, 3.63) is 53.2 Å². The van der Waals surface area contributed by atoms with Crippen LogP contribution in [0, 0.1) is 6.92 Å². The van der Waals surface area contributed by atoms with Crippen LogP contribution in [0.5, 0.6) is 0 Å². The predicted octanol–water partition coefficient (Wildman–Crippen LogP) is 2.94. The van der Waals surface area contributed by atoms with Crippen LogP contribution in [0.4, 0.5) is 11.5 Å². The van der Waals surface area contributed by atoms with Crippen molar-refractivity contribution in [3.63, 3.8) is 0 Å². The molecule has 6 heteroatoms. The maximum Gasteiger partial charge on any atom is 0.339 e. The summed E-state index contributed by atoms with van der Waals surface area (Å²) in [7, 11) is 0. The number of benzene rings is 1. The molecule has 124 valence electrons. The molecule has 2 N–H and O–H groups in total. The molecule has 1 aromatic heterocycles. The van der Waals surface area contributed by atoms with Gasteiger partial charge in [-0.2, -0.15) is 0 Å². The van der Waals surface area contributed by atoms with Crippen LogP contribution in [-0.2, 0) is 0 Å². The molecule has 1 aliphatic heterocycles. The average Bonchev–Trinajstić information content (AvgIpc) is 3.09. The number of aryl methyl sites for hydroxylation is 1. The molecule has 1 amide bonds. The molecule has 1 aromatic carbocycles. The van der Waals surface area contributed by atoms with E-state index in [-0.39, 0.29) is 11.5 Å². The molecule has 6 nitrogen and oxygen atoms in total. The highest BCUT2D eigenvalue weighted by Crippen LogP contribution is 2.25. The van der Waals surface area contributed by atoms with E-state index in [1.807, 2.05) is 24.0 Å². The molecule has 1 aliphatic rings. The van der Waals surface area contributed by atoms with Gasteiger partial charge in [0.1, 0.15) is 11.4 Å². The lowest BCUT2D eigenvalue weighted by atomic mass is 10.1. The van der Waals surface area contributed by atoms with Crippen LogP contribution in [0.15, 0.2) is 36.5 Å². The summed E-state index contributed by atoms with van der Waals surface area (Å²) in [4.78, 5) is 30.2. The van der Waals surface area contributed by atoms with Gasteiger partial charge in [0, 0.05) is 18.7 Å². The minimum absolute atomic E-state index is 0.111. The second kappa shape index (κ2) is 6.70. The minimum atomic E-state index is -1.05. The fraction of sp³-hybridized carbons (Fsp3) is 0.278. The van der Waals surface area contributed by atoms with Gasteiger partial charge in [-0.15, -0.1) is 0 Å². The van der Waals surface area contributed by atoms with Gasteiger partial charge in [-0.1, -0.05) is 18.2 Å². The number of carboxylic acid groups (broad SMARTS) is 1. The van der Waals surface area contributed by atoms with Crippen molar-refractivity contribution >= 4 is 23.4 Å². The number of aromatic carboxylic acids is 1. The van der Waals surface area contributed by atoms with Gasteiger partial charge in [0.2, 0.25) is 0 Å². The molecule has 0 aliphatic carbocycles. The molecule has 0 bridgehead atoms. The third-order valence-electron chi connectivity index (χ3n) is 4.15. The summed E-state index contributed by atoms with van der Waals surface area (Å²) >= 11 is 0. The average molecular weight is 325 g/mol. The van der Waals surface area contributed by atoms with E-state index >= 15 is 0 Å². The summed E-state index contributed by atoms with van der Waals surface area (Å²) in [5, 5.41) is 12.2. The van der Waals surface area contributed by atoms with Gasteiger partial charge in [-0.25, -0.2) is 9.78 Å². The lowest BCUT2D eigenvalue weighted by molar-refractivity contribution is 0.0697. The molecular formula is C18H19N3O3. The number of hydrogen-bond donors (Lipinski definition) is 2. The van der Waals surface area contributed by atoms with E-state index in [1.54, 1.807) is 12.1 Å². The topological polar surface area (TPSA) is 82.5 Å². The predicted molar refractivity (Wildman–Crippen MR) is 91.8 cm³/mol. The van der Waals surface area contributed by atoms with Gasteiger partial charge < -0.3 is 15.3 Å². The van der Waals surface area contributed by atoms with E-state index in [9.17, 15) is 14.7 Å². The first-order valence-corrected chi connectivity index (χ1v) is 7.91. The summed E-state index contributed by atoms with van der Waals surface area (Å²) in [6.07, 6.45) is 3.58. The number of carboxylic acids is 1. The molecule has 0 radical (unpaired) electrons. The Morgan fingerprint density at radius 3 is 2.54 bits per heavy atom. The first-order chi connectivity index (χ1) is 11.6. The Morgan fingerprint density at radius 1 is 1.17 bits per heavy atom. The van der Waals surface area contributed by atoms with E-state index in [2.05, 4.69) is 10.3 Å². The summed E-state index contributed by atoms with van der Waals surface area (Å²) in [6.45, 7) is 3.47. The number of hydrogen-bond acceptors (Lipinski definition) is 4. The van der Waals surface area contributed by atoms with E-state index in [0.29, 0.717) is 17.1 Å². The maximum absolute atomic E-state index is 12.4. The zero-order valence-corrected chi connectivity index (χ0v) is 13.5. The van der Waals surface area contributed by atoms with E-state index in [0.717, 1.165) is 31.5 Å². The van der Waals surface area contributed by atoms with Crippen molar-refractivity contribution in [2.24, 2.45) is 0 Å². The molecule has 3 rings (SSSR count). The number of nitrogens with zero attached hydrogens (tertiary/aromatic N) is 2. The zero-order chi connectivity index (χ0) is 17.1. The van der Waals surface area contributed by atoms with Crippen LogP contribution in [0.3, 0.4) is 0 Å². The Hall–Kier alpha value is -2.89. The van der Waals surface area contributed by atoms with Gasteiger partial charge in [-0.3, -0.25) is 4.79 Å². The third-order valence-corrected chi connectivity index (χ3v) is 4.15. The van der Waals surface area contributed by atoms with Crippen molar-refractivity contribution in [2.75, 3.05) is 23.3 Å². The van der Waals surface area contributed by atoms with Crippen molar-refractivity contribution in [1.29, 1.82) is 0 Å². The van der Waals surface area contributed by atoms with Crippen molar-refractivity contribution in [1.82, 2.24) is 4.98 Å². The molecule has 0 unspecified atom stereocenters. The summed E-state index contributed by atoms with van der Waals surface area (Å²) < 4.78 is 0. The Labute approximate surface area is 140 Å². The Bertz CT molecular complexity index is 783. The van der Waals surface area contributed by atoms with Gasteiger partial charge in [-0.05, 0) is 37.5 Å². The maximum atomic E-state index is 12.4. The second-order valence-electron chi connectivity index (χ2n) is 5.86. The lowest BCUT2D eigenvalue weighted by Gasteiger charge is -2.19. The van der Waals surface area contributed by atoms with Crippen LogP contribution in [0.25, 0.3) is 0 Å². The number of carbonyl (C=O) groups excluding carboxylic acids is 1. The van der Waals surface area contributed by atoms with Crippen molar-refractivity contribution in [2.45, 2.75) is 19.8 Å².